The topological polar surface area (TPSA) is 0 Å². The zero-order valence-corrected chi connectivity index (χ0v) is 5.76. The minimum atomic E-state index is 0.399. The lowest BCUT2D eigenvalue weighted by Gasteiger charge is -2.02. The highest BCUT2D eigenvalue weighted by Crippen LogP contribution is 2.12. The maximum Gasteiger partial charge on any atom is -0.0260 e. The summed E-state index contributed by atoms with van der Waals surface area (Å²) in [4.78, 5) is 0. The Labute approximate surface area is 43.3 Å². The predicted molar refractivity (Wildman–Crippen MR) is 36.0 cm³/mol. The molecule has 0 bridgehead atoms. The molecule has 0 nitrogen and oxygen atoms in total. The third kappa shape index (κ3) is 4.35. The lowest BCUT2D eigenvalue weighted by Crippen LogP contribution is -1.78. The summed E-state index contributed by atoms with van der Waals surface area (Å²) in [7, 11) is 0.399. The normalized spacial score (nSPS) is 11.5. The molecule has 0 aliphatic heterocycles. The van der Waals surface area contributed by atoms with Crippen LogP contribution in [0.1, 0.15) is 13.3 Å². The molecule has 0 aliphatic rings. The van der Waals surface area contributed by atoms with E-state index in [-0.39, 0.29) is 0 Å². The molecule has 1 heteroatoms. The van der Waals surface area contributed by atoms with Gasteiger partial charge in [0.25, 0.3) is 0 Å². The summed E-state index contributed by atoms with van der Waals surface area (Å²) in [5.74, 6) is 1.44. The molecular weight excluding hydrogens is 92.1 g/mol. The largest absolute Gasteiger partial charge is 0.259 e. The van der Waals surface area contributed by atoms with Crippen LogP contribution < -0.4 is 0 Å². The highest BCUT2D eigenvalue weighted by atomic mass is 32.2. The molecular formula is C5H14S. The van der Waals surface area contributed by atoms with E-state index in [1.165, 1.54) is 12.2 Å². The molecule has 0 aliphatic carbocycles. The van der Waals surface area contributed by atoms with Gasteiger partial charge in [-0.15, -0.1) is 0 Å². The van der Waals surface area contributed by atoms with Gasteiger partial charge in [-0.25, -0.2) is 0 Å². The molecule has 0 saturated carbocycles. The van der Waals surface area contributed by atoms with Crippen molar-refractivity contribution in [2.75, 3.05) is 18.3 Å². The second kappa shape index (κ2) is 3.54. The van der Waals surface area contributed by atoms with Crippen LogP contribution in [0.2, 0.25) is 0 Å². The highest BCUT2D eigenvalue weighted by Gasteiger charge is 1.79. The fourth-order valence-corrected chi connectivity index (χ4v) is 1.34. The van der Waals surface area contributed by atoms with Crippen LogP contribution in [-0.2, 0) is 0 Å². The van der Waals surface area contributed by atoms with Gasteiger partial charge in [-0.05, 0) is 24.7 Å². The Kier molecular flexibility index (Phi) is 3.74. The fraction of sp³-hybridized carbons (Fsp3) is 1.00. The van der Waals surface area contributed by atoms with E-state index in [4.69, 9.17) is 0 Å². The van der Waals surface area contributed by atoms with Gasteiger partial charge < -0.3 is 0 Å². The molecule has 0 aromatic rings. The first-order chi connectivity index (χ1) is 2.77. The molecule has 0 unspecified atom stereocenters. The van der Waals surface area contributed by atoms with Gasteiger partial charge in [-0.1, -0.05) is 6.92 Å². The zero-order valence-electron chi connectivity index (χ0n) is 4.86. The second-order valence-electron chi connectivity index (χ2n) is 1.80. The van der Waals surface area contributed by atoms with Crippen LogP contribution in [0, 0.1) is 0 Å². The van der Waals surface area contributed by atoms with Crippen LogP contribution in [0.4, 0.5) is 0 Å². The van der Waals surface area contributed by atoms with Crippen molar-refractivity contribution in [1.29, 1.82) is 0 Å². The molecule has 0 radical (unpaired) electrons. The van der Waals surface area contributed by atoms with Gasteiger partial charge in [-0.3, -0.25) is 10.9 Å². The highest BCUT2D eigenvalue weighted by molar-refractivity contribution is 8.15. The fourth-order valence-electron chi connectivity index (χ4n) is 0.447. The van der Waals surface area contributed by atoms with Gasteiger partial charge in [0.05, 0.1) is 0 Å². The smallest absolute Gasteiger partial charge is 0.0260 e. The van der Waals surface area contributed by atoms with Crippen molar-refractivity contribution in [1.82, 2.24) is 0 Å². The Morgan fingerprint density at radius 1 is 1.33 bits per heavy atom. The van der Waals surface area contributed by atoms with Crippen molar-refractivity contribution in [3.63, 3.8) is 0 Å². The maximum atomic E-state index is 2.32. The van der Waals surface area contributed by atoms with Gasteiger partial charge >= 0.3 is 0 Å². The van der Waals surface area contributed by atoms with Crippen LogP contribution in [0.15, 0.2) is 0 Å². The monoisotopic (exact) mass is 106 g/mol. The minimum absolute atomic E-state index is 0.399. The summed E-state index contributed by atoms with van der Waals surface area (Å²) in [6, 6.07) is 0. The number of rotatable bonds is 2. The first kappa shape index (κ1) is 6.35. The molecule has 0 atom stereocenters. The van der Waals surface area contributed by atoms with Gasteiger partial charge in [0.1, 0.15) is 0 Å². The Bertz CT molecular complexity index is 25.1. The van der Waals surface area contributed by atoms with Crippen molar-refractivity contribution in [2.24, 2.45) is 0 Å². The predicted octanol–water partition coefficient (Wildman–Crippen LogP) is 1.66. The van der Waals surface area contributed by atoms with Gasteiger partial charge in [0, 0.05) is 0 Å². The molecule has 0 spiro atoms. The summed E-state index contributed by atoms with van der Waals surface area (Å²) >= 11 is 0. The lowest BCUT2D eigenvalue weighted by molar-refractivity contribution is 1.10. The average Bonchev–Trinajstić information content (AvgIpc) is 1.35. The Morgan fingerprint density at radius 3 is 1.83 bits per heavy atom. The van der Waals surface area contributed by atoms with E-state index in [2.05, 4.69) is 19.4 Å². The number of hydrogen-bond acceptors (Lipinski definition) is 0. The summed E-state index contributed by atoms with van der Waals surface area (Å²) < 4.78 is 0. The quantitative estimate of drug-likeness (QED) is 0.508. The van der Waals surface area contributed by atoms with Crippen LogP contribution in [-0.4, -0.2) is 18.3 Å². The van der Waals surface area contributed by atoms with Gasteiger partial charge in [0.15, 0.2) is 0 Å². The van der Waals surface area contributed by atoms with E-state index in [9.17, 15) is 0 Å². The summed E-state index contributed by atoms with van der Waals surface area (Å²) in [5, 5.41) is 0. The molecule has 0 rings (SSSR count). The molecule has 0 amide bonds. The number of hydrogen-bond donors (Lipinski definition) is 1. The van der Waals surface area contributed by atoms with E-state index in [1.807, 2.05) is 0 Å². The Hall–Kier alpha value is 0.350. The van der Waals surface area contributed by atoms with E-state index < -0.39 is 0 Å². The molecule has 0 saturated heterocycles. The van der Waals surface area contributed by atoms with Crippen LogP contribution >= 0.6 is 10.9 Å². The van der Waals surface area contributed by atoms with Crippen LogP contribution in [0.25, 0.3) is 0 Å². The first-order valence-electron chi connectivity index (χ1n) is 2.42. The lowest BCUT2D eigenvalue weighted by atomic mass is 10.6. The SMILES string of the molecule is CCC[SH](C)C. The third-order valence-electron chi connectivity index (χ3n) is 0.671. The van der Waals surface area contributed by atoms with Crippen molar-refractivity contribution in [2.45, 2.75) is 13.3 Å². The molecule has 0 N–H and O–H groups in total. The van der Waals surface area contributed by atoms with Gasteiger partial charge in [-0.2, -0.15) is 0 Å². The van der Waals surface area contributed by atoms with E-state index in [1.54, 1.807) is 0 Å². The standard InChI is InChI=1S/C5H14S/c1-4-5-6(2)3/h6H,4-5H2,1-3H3. The Morgan fingerprint density at radius 2 is 1.83 bits per heavy atom. The molecule has 0 fully saturated rings. The molecule has 0 aromatic heterocycles. The molecule has 40 valence electrons. The third-order valence-corrected chi connectivity index (χ3v) is 2.01. The van der Waals surface area contributed by atoms with E-state index in [0.29, 0.717) is 10.9 Å². The van der Waals surface area contributed by atoms with Crippen LogP contribution in [0.5, 0.6) is 0 Å². The van der Waals surface area contributed by atoms with Crippen molar-refractivity contribution in [3.8, 4) is 0 Å². The summed E-state index contributed by atoms with van der Waals surface area (Å²) in [5.41, 5.74) is 0. The molecule has 0 aromatic carbocycles. The first-order valence-corrected chi connectivity index (χ1v) is 4.84. The van der Waals surface area contributed by atoms with Crippen LogP contribution in [0.3, 0.4) is 0 Å². The summed E-state index contributed by atoms with van der Waals surface area (Å²) in [6.45, 7) is 2.24. The molecule has 0 heterocycles. The average molecular weight is 106 g/mol. The molecule has 6 heavy (non-hydrogen) atoms. The number of thiol groups is 1. The van der Waals surface area contributed by atoms with Gasteiger partial charge in [0.2, 0.25) is 0 Å². The van der Waals surface area contributed by atoms with E-state index >= 15 is 0 Å². The van der Waals surface area contributed by atoms with E-state index in [0.717, 1.165) is 0 Å². The summed E-state index contributed by atoms with van der Waals surface area (Å²) in [6.07, 6.45) is 6.00. The second-order valence-corrected chi connectivity index (χ2v) is 4.41. The Balaban J connectivity index is 2.63. The van der Waals surface area contributed by atoms with Crippen molar-refractivity contribution < 1.29 is 0 Å². The van der Waals surface area contributed by atoms with Crippen molar-refractivity contribution in [3.05, 3.63) is 0 Å². The maximum absolute atomic E-state index is 2.32. The minimum Gasteiger partial charge on any atom is -0.259 e. The zero-order chi connectivity index (χ0) is 4.99. The van der Waals surface area contributed by atoms with Crippen molar-refractivity contribution >= 4 is 10.9 Å².